The highest BCUT2D eigenvalue weighted by molar-refractivity contribution is 5.63. The molecule has 0 spiro atoms. The van der Waals surface area contributed by atoms with E-state index in [0.717, 1.165) is 12.3 Å². The van der Waals surface area contributed by atoms with Crippen molar-refractivity contribution in [3.05, 3.63) is 54.6 Å². The summed E-state index contributed by atoms with van der Waals surface area (Å²) in [6.45, 7) is 3.30. The summed E-state index contributed by atoms with van der Waals surface area (Å²) in [6.07, 6.45) is 5.09. The maximum atomic E-state index is 5.25. The molecule has 0 saturated carbocycles. The van der Waals surface area contributed by atoms with Crippen molar-refractivity contribution in [2.75, 3.05) is 18.6 Å². The van der Waals surface area contributed by atoms with Crippen molar-refractivity contribution >= 4 is 11.4 Å². The van der Waals surface area contributed by atoms with E-state index in [1.165, 1.54) is 37.1 Å². The van der Waals surface area contributed by atoms with E-state index in [0.29, 0.717) is 0 Å². The number of anilines is 2. The van der Waals surface area contributed by atoms with Gasteiger partial charge in [-0.1, -0.05) is 44.4 Å². The van der Waals surface area contributed by atoms with E-state index in [2.05, 4.69) is 54.3 Å². The zero-order chi connectivity index (χ0) is 14.9. The third-order valence-corrected chi connectivity index (χ3v) is 3.69. The SMILES string of the molecule is CCCCCCN(c1ccccc1)c1ccc(OC)cc1. The quantitative estimate of drug-likeness (QED) is 0.600. The predicted molar refractivity (Wildman–Crippen MR) is 90.6 cm³/mol. The number of hydrogen-bond acceptors (Lipinski definition) is 2. The fourth-order valence-electron chi connectivity index (χ4n) is 2.47. The second-order valence-electron chi connectivity index (χ2n) is 5.25. The maximum Gasteiger partial charge on any atom is 0.119 e. The van der Waals surface area contributed by atoms with Gasteiger partial charge in [0.25, 0.3) is 0 Å². The van der Waals surface area contributed by atoms with Crippen LogP contribution in [-0.4, -0.2) is 13.7 Å². The Labute approximate surface area is 128 Å². The minimum absolute atomic E-state index is 0.901. The van der Waals surface area contributed by atoms with Crippen LogP contribution in [0.1, 0.15) is 32.6 Å². The highest BCUT2D eigenvalue weighted by atomic mass is 16.5. The van der Waals surface area contributed by atoms with Crippen LogP contribution in [0.2, 0.25) is 0 Å². The topological polar surface area (TPSA) is 12.5 Å². The zero-order valence-electron chi connectivity index (χ0n) is 13.1. The van der Waals surface area contributed by atoms with Crippen LogP contribution in [0.25, 0.3) is 0 Å². The molecular weight excluding hydrogens is 258 g/mol. The molecule has 0 unspecified atom stereocenters. The van der Waals surface area contributed by atoms with Crippen molar-refractivity contribution in [2.45, 2.75) is 32.6 Å². The van der Waals surface area contributed by atoms with Crippen LogP contribution in [0.5, 0.6) is 5.75 Å². The lowest BCUT2D eigenvalue weighted by molar-refractivity contribution is 0.415. The van der Waals surface area contributed by atoms with Gasteiger partial charge in [0.2, 0.25) is 0 Å². The van der Waals surface area contributed by atoms with Crippen LogP contribution < -0.4 is 9.64 Å². The summed E-state index contributed by atoms with van der Waals surface area (Å²) >= 11 is 0. The Balaban J connectivity index is 2.14. The molecule has 2 aromatic rings. The maximum absolute atomic E-state index is 5.25. The Kier molecular flexibility index (Phi) is 6.14. The van der Waals surface area contributed by atoms with E-state index in [1.807, 2.05) is 12.1 Å². The number of nitrogens with zero attached hydrogens (tertiary/aromatic N) is 1. The molecule has 2 aromatic carbocycles. The van der Waals surface area contributed by atoms with E-state index >= 15 is 0 Å². The predicted octanol–water partition coefficient (Wildman–Crippen LogP) is 5.41. The number of para-hydroxylation sites is 1. The van der Waals surface area contributed by atoms with Crippen molar-refractivity contribution in [1.29, 1.82) is 0 Å². The number of ether oxygens (including phenoxy) is 1. The van der Waals surface area contributed by atoms with E-state index in [9.17, 15) is 0 Å². The van der Waals surface area contributed by atoms with Gasteiger partial charge < -0.3 is 9.64 Å². The van der Waals surface area contributed by atoms with Gasteiger partial charge in [-0.3, -0.25) is 0 Å². The molecule has 0 bridgehead atoms. The van der Waals surface area contributed by atoms with Crippen molar-refractivity contribution in [1.82, 2.24) is 0 Å². The molecule has 0 radical (unpaired) electrons. The van der Waals surface area contributed by atoms with Gasteiger partial charge in [0.1, 0.15) is 5.75 Å². The largest absolute Gasteiger partial charge is 0.497 e. The molecule has 0 heterocycles. The number of hydrogen-bond donors (Lipinski definition) is 0. The van der Waals surface area contributed by atoms with Gasteiger partial charge in [-0.05, 0) is 42.8 Å². The molecule has 0 N–H and O–H groups in total. The molecule has 0 aliphatic heterocycles. The van der Waals surface area contributed by atoms with E-state index in [4.69, 9.17) is 4.74 Å². The molecule has 112 valence electrons. The molecule has 2 heteroatoms. The lowest BCUT2D eigenvalue weighted by atomic mass is 10.1. The lowest BCUT2D eigenvalue weighted by Gasteiger charge is -2.25. The van der Waals surface area contributed by atoms with Crippen LogP contribution in [-0.2, 0) is 0 Å². The summed E-state index contributed by atoms with van der Waals surface area (Å²) in [5.41, 5.74) is 2.47. The van der Waals surface area contributed by atoms with Gasteiger partial charge in [0, 0.05) is 17.9 Å². The van der Waals surface area contributed by atoms with Crippen LogP contribution >= 0.6 is 0 Å². The second kappa shape index (κ2) is 8.35. The summed E-state index contributed by atoms with van der Waals surface area (Å²) in [7, 11) is 1.70. The fourth-order valence-corrected chi connectivity index (χ4v) is 2.47. The summed E-state index contributed by atoms with van der Waals surface area (Å²) < 4.78 is 5.25. The Bertz CT molecular complexity index is 507. The Hall–Kier alpha value is -1.96. The minimum Gasteiger partial charge on any atom is -0.497 e. The van der Waals surface area contributed by atoms with Crippen molar-refractivity contribution in [3.63, 3.8) is 0 Å². The summed E-state index contributed by atoms with van der Waals surface area (Å²) in [6, 6.07) is 18.9. The highest BCUT2D eigenvalue weighted by Crippen LogP contribution is 2.27. The molecule has 0 aliphatic rings. The Morgan fingerprint density at radius 2 is 1.48 bits per heavy atom. The molecule has 0 aliphatic carbocycles. The van der Waals surface area contributed by atoms with Crippen LogP contribution in [0.4, 0.5) is 11.4 Å². The number of methoxy groups -OCH3 is 1. The average Bonchev–Trinajstić information content (AvgIpc) is 2.56. The zero-order valence-corrected chi connectivity index (χ0v) is 13.1. The number of unbranched alkanes of at least 4 members (excludes halogenated alkanes) is 3. The normalized spacial score (nSPS) is 10.4. The smallest absolute Gasteiger partial charge is 0.119 e. The fraction of sp³-hybridized carbons (Fsp3) is 0.368. The third-order valence-electron chi connectivity index (χ3n) is 3.69. The monoisotopic (exact) mass is 283 g/mol. The first-order valence-electron chi connectivity index (χ1n) is 7.81. The van der Waals surface area contributed by atoms with Gasteiger partial charge in [-0.25, -0.2) is 0 Å². The number of benzene rings is 2. The van der Waals surface area contributed by atoms with E-state index in [-0.39, 0.29) is 0 Å². The molecule has 0 aromatic heterocycles. The molecule has 0 amide bonds. The van der Waals surface area contributed by atoms with E-state index < -0.39 is 0 Å². The first kappa shape index (κ1) is 15.4. The molecule has 2 nitrogen and oxygen atoms in total. The van der Waals surface area contributed by atoms with Crippen LogP contribution in [0.15, 0.2) is 54.6 Å². The lowest BCUT2D eigenvalue weighted by Crippen LogP contribution is -2.18. The van der Waals surface area contributed by atoms with Crippen LogP contribution in [0, 0.1) is 0 Å². The summed E-state index contributed by atoms with van der Waals surface area (Å²) in [4.78, 5) is 2.38. The standard InChI is InChI=1S/C19H25NO/c1-3-4-5-9-16-20(17-10-7-6-8-11-17)18-12-14-19(21-2)15-13-18/h6-8,10-15H,3-5,9,16H2,1-2H3. The van der Waals surface area contributed by atoms with Crippen molar-refractivity contribution in [2.24, 2.45) is 0 Å². The molecule has 21 heavy (non-hydrogen) atoms. The van der Waals surface area contributed by atoms with Gasteiger partial charge in [0.05, 0.1) is 7.11 Å². The summed E-state index contributed by atoms with van der Waals surface area (Å²) in [5.74, 6) is 0.901. The molecule has 2 rings (SSSR count). The molecule has 0 atom stereocenters. The van der Waals surface area contributed by atoms with Crippen molar-refractivity contribution in [3.8, 4) is 5.75 Å². The molecular formula is C19H25NO. The average molecular weight is 283 g/mol. The Morgan fingerprint density at radius 1 is 0.810 bits per heavy atom. The van der Waals surface area contributed by atoms with E-state index in [1.54, 1.807) is 7.11 Å². The first-order valence-corrected chi connectivity index (χ1v) is 7.81. The molecule has 0 saturated heterocycles. The third kappa shape index (κ3) is 4.52. The van der Waals surface area contributed by atoms with Gasteiger partial charge in [0.15, 0.2) is 0 Å². The Morgan fingerprint density at radius 3 is 2.10 bits per heavy atom. The summed E-state index contributed by atoms with van der Waals surface area (Å²) in [5, 5.41) is 0. The minimum atomic E-state index is 0.901. The van der Waals surface area contributed by atoms with Gasteiger partial charge >= 0.3 is 0 Å². The number of rotatable bonds is 8. The second-order valence-corrected chi connectivity index (χ2v) is 5.25. The first-order chi connectivity index (χ1) is 10.3. The van der Waals surface area contributed by atoms with Gasteiger partial charge in [-0.2, -0.15) is 0 Å². The van der Waals surface area contributed by atoms with Crippen molar-refractivity contribution < 1.29 is 4.74 Å². The highest BCUT2D eigenvalue weighted by Gasteiger charge is 2.08. The van der Waals surface area contributed by atoms with Crippen LogP contribution in [0.3, 0.4) is 0 Å². The van der Waals surface area contributed by atoms with Gasteiger partial charge in [-0.15, -0.1) is 0 Å². The molecule has 0 fully saturated rings.